The molecule has 2 nitrogen and oxygen atoms in total. The van der Waals surface area contributed by atoms with Crippen molar-refractivity contribution in [3.05, 3.63) is 13.2 Å². The minimum Gasteiger partial charge on any atom is -0.314 e. The van der Waals surface area contributed by atoms with Crippen molar-refractivity contribution in [2.45, 2.75) is 0 Å². The highest BCUT2D eigenvalue weighted by molar-refractivity contribution is 4.59. The molecule has 0 aromatic heterocycles. The third-order valence-electron chi connectivity index (χ3n) is 0.957. The fourth-order valence-corrected chi connectivity index (χ4v) is 0.604. The average molecular weight is 116 g/mol. The van der Waals surface area contributed by atoms with Crippen LogP contribution in [0.3, 0.4) is 0 Å². The monoisotopic (exact) mass is 116 g/mol. The van der Waals surface area contributed by atoms with Gasteiger partial charge in [0, 0.05) is 27.6 Å². The van der Waals surface area contributed by atoms with Gasteiger partial charge in [0.05, 0.1) is 0 Å². The van der Waals surface area contributed by atoms with Crippen LogP contribution in [0.25, 0.3) is 0 Å². The number of piperazine rings is 1. The van der Waals surface area contributed by atoms with E-state index in [1.165, 1.54) is 0 Å². The highest BCUT2D eigenvalue weighted by Crippen LogP contribution is 1.65. The minimum atomic E-state index is 0. The van der Waals surface area contributed by atoms with E-state index in [-0.39, 0.29) is 1.43 Å². The van der Waals surface area contributed by atoms with E-state index < -0.39 is 0 Å². The number of hydrogen-bond donors (Lipinski definition) is 2. The maximum Gasteiger partial charge on any atom is 0.00772 e. The van der Waals surface area contributed by atoms with Crippen molar-refractivity contribution in [2.75, 3.05) is 26.2 Å². The van der Waals surface area contributed by atoms with Crippen LogP contribution in [-0.2, 0) is 0 Å². The maximum absolute atomic E-state index is 3.22. The predicted octanol–water partition coefficient (Wildman–Crippen LogP) is 0.227. The first-order valence-electron chi connectivity index (χ1n) is 2.91. The Morgan fingerprint density at radius 3 is 1.25 bits per heavy atom. The van der Waals surface area contributed by atoms with E-state index in [0.717, 1.165) is 26.2 Å². The van der Waals surface area contributed by atoms with Gasteiger partial charge in [0.2, 0.25) is 0 Å². The van der Waals surface area contributed by atoms with Gasteiger partial charge in [-0.3, -0.25) is 0 Å². The first kappa shape index (κ1) is 7.66. The normalized spacial score (nSPS) is 18.5. The molecule has 0 aromatic carbocycles. The lowest BCUT2D eigenvalue weighted by Crippen LogP contribution is -2.39. The van der Waals surface area contributed by atoms with E-state index in [2.05, 4.69) is 23.8 Å². The Hall–Kier alpha value is -0.340. The number of hydrogen-bond acceptors (Lipinski definition) is 2. The summed E-state index contributed by atoms with van der Waals surface area (Å²) in [5.41, 5.74) is 0. The standard InChI is InChI=1S/C4H10N2.C2H4.H2/c1-2-6-4-3-5-1;1-2;/h5-6H,1-4H2;1-2H2;1H. The summed E-state index contributed by atoms with van der Waals surface area (Å²) < 4.78 is 0. The van der Waals surface area contributed by atoms with Crippen LogP contribution in [0.1, 0.15) is 1.43 Å². The van der Waals surface area contributed by atoms with Crippen LogP contribution < -0.4 is 10.6 Å². The van der Waals surface area contributed by atoms with E-state index in [4.69, 9.17) is 0 Å². The van der Waals surface area contributed by atoms with Crippen molar-refractivity contribution in [2.24, 2.45) is 0 Å². The minimum absolute atomic E-state index is 0. The molecule has 1 heterocycles. The van der Waals surface area contributed by atoms with Gasteiger partial charge in [-0.05, 0) is 0 Å². The summed E-state index contributed by atoms with van der Waals surface area (Å²) in [7, 11) is 0. The van der Waals surface area contributed by atoms with E-state index in [0.29, 0.717) is 0 Å². The molecular weight excluding hydrogens is 100 g/mol. The van der Waals surface area contributed by atoms with Crippen LogP contribution in [0.5, 0.6) is 0 Å². The van der Waals surface area contributed by atoms with Gasteiger partial charge in [-0.15, -0.1) is 13.2 Å². The quantitative estimate of drug-likeness (QED) is 0.443. The molecule has 2 N–H and O–H groups in total. The third-order valence-corrected chi connectivity index (χ3v) is 0.957. The van der Waals surface area contributed by atoms with Gasteiger partial charge < -0.3 is 10.6 Å². The molecule has 2 heteroatoms. The molecule has 0 spiro atoms. The summed E-state index contributed by atoms with van der Waals surface area (Å²) in [5, 5.41) is 6.44. The second-order valence-electron chi connectivity index (χ2n) is 1.50. The molecule has 0 radical (unpaired) electrons. The van der Waals surface area contributed by atoms with Gasteiger partial charge in [-0.2, -0.15) is 0 Å². The summed E-state index contributed by atoms with van der Waals surface area (Å²) in [4.78, 5) is 0. The van der Waals surface area contributed by atoms with Crippen LogP contribution >= 0.6 is 0 Å². The summed E-state index contributed by atoms with van der Waals surface area (Å²) in [6.45, 7) is 10.6. The SMILES string of the molecule is C1CNCCN1.C=C.[HH]. The van der Waals surface area contributed by atoms with Crippen molar-refractivity contribution >= 4 is 0 Å². The molecule has 8 heavy (non-hydrogen) atoms. The van der Waals surface area contributed by atoms with Crippen molar-refractivity contribution in [3.63, 3.8) is 0 Å². The van der Waals surface area contributed by atoms with Gasteiger partial charge in [-0.1, -0.05) is 0 Å². The molecule has 0 saturated carbocycles. The lowest BCUT2D eigenvalue weighted by Gasteiger charge is -2.11. The van der Waals surface area contributed by atoms with Gasteiger partial charge in [-0.25, -0.2) is 0 Å². The van der Waals surface area contributed by atoms with Crippen molar-refractivity contribution < 1.29 is 1.43 Å². The van der Waals surface area contributed by atoms with Gasteiger partial charge >= 0.3 is 0 Å². The highest BCUT2D eigenvalue weighted by Gasteiger charge is 1.91. The lowest BCUT2D eigenvalue weighted by atomic mass is 10.4. The molecule has 0 aromatic rings. The Morgan fingerprint density at radius 1 is 0.875 bits per heavy atom. The first-order valence-corrected chi connectivity index (χ1v) is 2.91. The number of rotatable bonds is 0. The Bertz CT molecular complexity index is 34.8. The number of nitrogens with one attached hydrogen (secondary N) is 2. The predicted molar refractivity (Wildman–Crippen MR) is 39.1 cm³/mol. The lowest BCUT2D eigenvalue weighted by molar-refractivity contribution is 0.534. The molecule has 1 rings (SSSR count). The van der Waals surface area contributed by atoms with E-state index >= 15 is 0 Å². The van der Waals surface area contributed by atoms with Crippen LogP contribution in [0.15, 0.2) is 13.2 Å². The van der Waals surface area contributed by atoms with Crippen LogP contribution in [0.2, 0.25) is 0 Å². The Kier molecular flexibility index (Phi) is 6.38. The van der Waals surface area contributed by atoms with Gasteiger partial charge in [0.15, 0.2) is 0 Å². The molecule has 0 amide bonds. The van der Waals surface area contributed by atoms with E-state index in [1.807, 2.05) is 0 Å². The Balaban J connectivity index is 0. The second-order valence-corrected chi connectivity index (χ2v) is 1.50. The molecule has 0 bridgehead atoms. The van der Waals surface area contributed by atoms with Crippen LogP contribution in [0.4, 0.5) is 0 Å². The molecule has 1 fully saturated rings. The topological polar surface area (TPSA) is 24.1 Å². The van der Waals surface area contributed by atoms with Gasteiger partial charge in [0.25, 0.3) is 0 Å². The molecule has 0 unspecified atom stereocenters. The average Bonchev–Trinajstić information content (AvgIpc) is 1.96. The maximum atomic E-state index is 3.22. The van der Waals surface area contributed by atoms with E-state index in [1.54, 1.807) is 0 Å². The summed E-state index contributed by atoms with van der Waals surface area (Å²) in [6.07, 6.45) is 0. The molecule has 1 aliphatic heterocycles. The Labute approximate surface area is 52.5 Å². The third kappa shape index (κ3) is 3.84. The first-order chi connectivity index (χ1) is 4.00. The van der Waals surface area contributed by atoms with Crippen molar-refractivity contribution in [1.82, 2.24) is 10.6 Å². The smallest absolute Gasteiger partial charge is 0.00772 e. The molecule has 1 aliphatic rings. The summed E-state index contributed by atoms with van der Waals surface area (Å²) in [6, 6.07) is 0. The Morgan fingerprint density at radius 2 is 1.12 bits per heavy atom. The molecule has 0 atom stereocenters. The summed E-state index contributed by atoms with van der Waals surface area (Å²) >= 11 is 0. The van der Waals surface area contributed by atoms with Crippen LogP contribution in [0, 0.1) is 0 Å². The van der Waals surface area contributed by atoms with Crippen LogP contribution in [-0.4, -0.2) is 26.2 Å². The fourth-order valence-electron chi connectivity index (χ4n) is 0.604. The fraction of sp³-hybridized carbons (Fsp3) is 0.667. The zero-order chi connectivity index (χ0) is 6.24. The van der Waals surface area contributed by atoms with Crippen molar-refractivity contribution in [1.29, 1.82) is 0 Å². The highest BCUT2D eigenvalue weighted by atomic mass is 15.0. The van der Waals surface area contributed by atoms with E-state index in [9.17, 15) is 0 Å². The zero-order valence-electron chi connectivity index (χ0n) is 5.24. The largest absolute Gasteiger partial charge is 0.314 e. The van der Waals surface area contributed by atoms with Gasteiger partial charge in [0.1, 0.15) is 0 Å². The van der Waals surface area contributed by atoms with Crippen molar-refractivity contribution in [3.8, 4) is 0 Å². The molecule has 0 aliphatic carbocycles. The molecular formula is C6H16N2. The molecule has 1 saturated heterocycles. The zero-order valence-corrected chi connectivity index (χ0v) is 5.24. The summed E-state index contributed by atoms with van der Waals surface area (Å²) in [5.74, 6) is 0. The second kappa shape index (κ2) is 6.66. The molecule has 50 valence electrons.